The minimum Gasteiger partial charge on any atom is -0.497 e. The van der Waals surface area contributed by atoms with Crippen molar-refractivity contribution in [1.82, 2.24) is 0 Å². The predicted molar refractivity (Wildman–Crippen MR) is 76.3 cm³/mol. The van der Waals surface area contributed by atoms with E-state index in [0.29, 0.717) is 16.6 Å². The third kappa shape index (κ3) is 3.69. The van der Waals surface area contributed by atoms with Crippen LogP contribution in [0, 0.1) is 17.5 Å². The van der Waals surface area contributed by atoms with Crippen LogP contribution in [0.3, 0.4) is 0 Å². The van der Waals surface area contributed by atoms with Gasteiger partial charge in [-0.2, -0.15) is 0 Å². The number of ether oxygens (including phenoxy) is 2. The van der Waals surface area contributed by atoms with Gasteiger partial charge in [0.05, 0.1) is 7.11 Å². The highest BCUT2D eigenvalue weighted by Gasteiger charge is 2.14. The molecule has 0 radical (unpaired) electrons. The van der Waals surface area contributed by atoms with Crippen molar-refractivity contribution < 1.29 is 22.6 Å². The van der Waals surface area contributed by atoms with Crippen LogP contribution >= 0.6 is 15.9 Å². The highest BCUT2D eigenvalue weighted by atomic mass is 79.9. The Bertz CT molecular complexity index is 624. The van der Waals surface area contributed by atoms with Crippen LogP contribution in [0.15, 0.2) is 30.3 Å². The Morgan fingerprint density at radius 2 is 1.67 bits per heavy atom. The van der Waals surface area contributed by atoms with Gasteiger partial charge in [0.1, 0.15) is 18.2 Å². The number of benzene rings is 2. The summed E-state index contributed by atoms with van der Waals surface area (Å²) in [5.74, 6) is -2.37. The van der Waals surface area contributed by atoms with Crippen LogP contribution in [-0.2, 0) is 11.9 Å². The Kier molecular flexibility index (Phi) is 5.12. The quantitative estimate of drug-likeness (QED) is 0.726. The average molecular weight is 361 g/mol. The average Bonchev–Trinajstić information content (AvgIpc) is 2.47. The largest absolute Gasteiger partial charge is 0.497 e. The van der Waals surface area contributed by atoms with Crippen LogP contribution in [0.5, 0.6) is 11.5 Å². The molecule has 0 atom stereocenters. The standard InChI is InChI=1S/C15H12BrF3O2/c1-20-11-3-2-10(12(17)6-11)8-21-15-13(18)4-9(7-16)5-14(15)19/h2-6H,7-8H2,1H3. The molecule has 2 rings (SSSR count). The Morgan fingerprint density at radius 1 is 1.00 bits per heavy atom. The molecule has 2 nitrogen and oxygen atoms in total. The fraction of sp³-hybridized carbons (Fsp3) is 0.200. The van der Waals surface area contributed by atoms with E-state index in [1.165, 1.54) is 19.2 Å². The van der Waals surface area contributed by atoms with Crippen LogP contribution in [0.2, 0.25) is 0 Å². The number of hydrogen-bond acceptors (Lipinski definition) is 2. The maximum Gasteiger partial charge on any atom is 0.191 e. The summed E-state index contributed by atoms with van der Waals surface area (Å²) in [5.41, 5.74) is 0.632. The Hall–Kier alpha value is -1.69. The second-order valence-electron chi connectivity index (χ2n) is 4.27. The number of hydrogen-bond donors (Lipinski definition) is 0. The first-order valence-corrected chi connectivity index (χ1v) is 7.16. The van der Waals surface area contributed by atoms with E-state index in [9.17, 15) is 13.2 Å². The van der Waals surface area contributed by atoms with Gasteiger partial charge >= 0.3 is 0 Å². The topological polar surface area (TPSA) is 18.5 Å². The molecule has 112 valence electrons. The Morgan fingerprint density at radius 3 is 2.19 bits per heavy atom. The monoisotopic (exact) mass is 360 g/mol. The lowest BCUT2D eigenvalue weighted by Crippen LogP contribution is -2.03. The molecule has 0 aliphatic carbocycles. The zero-order chi connectivity index (χ0) is 15.4. The molecule has 2 aromatic rings. The van der Waals surface area contributed by atoms with E-state index in [-0.39, 0.29) is 12.2 Å². The summed E-state index contributed by atoms with van der Waals surface area (Å²) in [5, 5.41) is 0.328. The minimum atomic E-state index is -0.821. The third-order valence-electron chi connectivity index (χ3n) is 2.84. The van der Waals surface area contributed by atoms with E-state index in [1.807, 2.05) is 0 Å². The van der Waals surface area contributed by atoms with Gasteiger partial charge in [0.2, 0.25) is 0 Å². The summed E-state index contributed by atoms with van der Waals surface area (Å²) < 4.78 is 51.1. The molecule has 0 N–H and O–H groups in total. The Balaban J connectivity index is 2.17. The van der Waals surface area contributed by atoms with E-state index < -0.39 is 23.2 Å². The highest BCUT2D eigenvalue weighted by molar-refractivity contribution is 9.08. The first-order valence-electron chi connectivity index (χ1n) is 6.04. The van der Waals surface area contributed by atoms with Crippen molar-refractivity contribution in [2.45, 2.75) is 11.9 Å². The molecule has 0 heterocycles. The molecule has 0 spiro atoms. The highest BCUT2D eigenvalue weighted by Crippen LogP contribution is 2.26. The van der Waals surface area contributed by atoms with Crippen molar-refractivity contribution in [2.75, 3.05) is 7.11 Å². The first kappa shape index (κ1) is 15.7. The zero-order valence-electron chi connectivity index (χ0n) is 11.1. The lowest BCUT2D eigenvalue weighted by molar-refractivity contribution is 0.268. The summed E-state index contributed by atoms with van der Waals surface area (Å²) in [6.07, 6.45) is 0. The second-order valence-corrected chi connectivity index (χ2v) is 4.83. The van der Waals surface area contributed by atoms with Gasteiger partial charge in [0.15, 0.2) is 17.4 Å². The first-order chi connectivity index (χ1) is 10.0. The van der Waals surface area contributed by atoms with Gasteiger partial charge in [-0.15, -0.1) is 0 Å². The lowest BCUT2D eigenvalue weighted by Gasteiger charge is -2.10. The maximum absolute atomic E-state index is 13.7. The lowest BCUT2D eigenvalue weighted by atomic mass is 10.2. The van der Waals surface area contributed by atoms with Gasteiger partial charge < -0.3 is 9.47 Å². The molecule has 0 aromatic heterocycles. The van der Waals surface area contributed by atoms with Gasteiger partial charge in [0.25, 0.3) is 0 Å². The fourth-order valence-electron chi connectivity index (χ4n) is 1.75. The number of rotatable bonds is 5. The zero-order valence-corrected chi connectivity index (χ0v) is 12.7. The molecule has 0 amide bonds. The molecule has 0 saturated carbocycles. The maximum atomic E-state index is 13.7. The van der Waals surface area contributed by atoms with Crippen molar-refractivity contribution in [3.8, 4) is 11.5 Å². The van der Waals surface area contributed by atoms with Gasteiger partial charge in [0, 0.05) is 17.0 Å². The summed E-state index contributed by atoms with van der Waals surface area (Å²) in [4.78, 5) is 0. The van der Waals surface area contributed by atoms with E-state index >= 15 is 0 Å². The van der Waals surface area contributed by atoms with Crippen LogP contribution in [0.4, 0.5) is 13.2 Å². The molecule has 0 aliphatic heterocycles. The molecule has 0 saturated heterocycles. The van der Waals surface area contributed by atoms with Crippen LogP contribution in [-0.4, -0.2) is 7.11 Å². The summed E-state index contributed by atoms with van der Waals surface area (Å²) in [6.45, 7) is -0.280. The summed E-state index contributed by atoms with van der Waals surface area (Å²) in [7, 11) is 1.42. The molecular formula is C15H12BrF3O2. The van der Waals surface area contributed by atoms with Crippen molar-refractivity contribution in [3.63, 3.8) is 0 Å². The molecule has 0 unspecified atom stereocenters. The normalized spacial score (nSPS) is 10.5. The molecule has 0 aliphatic rings. The van der Waals surface area contributed by atoms with Crippen molar-refractivity contribution >= 4 is 15.9 Å². The molecule has 0 fully saturated rings. The van der Waals surface area contributed by atoms with Gasteiger partial charge in [-0.1, -0.05) is 15.9 Å². The summed E-state index contributed by atoms with van der Waals surface area (Å²) >= 11 is 3.11. The number of methoxy groups -OCH3 is 1. The summed E-state index contributed by atoms with van der Waals surface area (Å²) in [6, 6.07) is 6.49. The SMILES string of the molecule is COc1ccc(COc2c(F)cc(CBr)cc2F)c(F)c1. The molecule has 2 aromatic carbocycles. The van der Waals surface area contributed by atoms with Crippen molar-refractivity contribution in [3.05, 3.63) is 58.9 Å². The van der Waals surface area contributed by atoms with Gasteiger partial charge in [-0.05, 0) is 29.8 Å². The van der Waals surface area contributed by atoms with Crippen LogP contribution in [0.25, 0.3) is 0 Å². The molecule has 21 heavy (non-hydrogen) atoms. The van der Waals surface area contributed by atoms with Crippen molar-refractivity contribution in [2.24, 2.45) is 0 Å². The number of alkyl halides is 1. The van der Waals surface area contributed by atoms with E-state index in [4.69, 9.17) is 9.47 Å². The molecule has 0 bridgehead atoms. The second kappa shape index (κ2) is 6.85. The van der Waals surface area contributed by atoms with E-state index in [0.717, 1.165) is 12.1 Å². The Labute approximate surface area is 128 Å². The molecular weight excluding hydrogens is 349 g/mol. The fourth-order valence-corrected chi connectivity index (χ4v) is 2.07. The number of halogens is 4. The van der Waals surface area contributed by atoms with E-state index in [1.54, 1.807) is 6.07 Å². The molecule has 6 heteroatoms. The van der Waals surface area contributed by atoms with Crippen LogP contribution in [0.1, 0.15) is 11.1 Å². The van der Waals surface area contributed by atoms with E-state index in [2.05, 4.69) is 15.9 Å². The third-order valence-corrected chi connectivity index (χ3v) is 3.49. The van der Waals surface area contributed by atoms with Gasteiger partial charge in [-0.3, -0.25) is 0 Å². The minimum absolute atomic E-state index is 0.180. The van der Waals surface area contributed by atoms with Gasteiger partial charge in [-0.25, -0.2) is 13.2 Å². The van der Waals surface area contributed by atoms with Crippen LogP contribution < -0.4 is 9.47 Å². The smallest absolute Gasteiger partial charge is 0.191 e. The van der Waals surface area contributed by atoms with Crippen molar-refractivity contribution in [1.29, 1.82) is 0 Å². The predicted octanol–water partition coefficient (Wildman–Crippen LogP) is 4.59.